The van der Waals surface area contributed by atoms with E-state index < -0.39 is 0 Å². The van der Waals surface area contributed by atoms with Gasteiger partial charge in [0.2, 0.25) is 0 Å². The van der Waals surface area contributed by atoms with Crippen molar-refractivity contribution in [2.45, 2.75) is 32.9 Å². The standard InChI is InChI=1S/C24H24N4OS/c1-16-10-12-21(13-11-16)27-17(2)14-22(18(27)3)23(29)15-30-24-26-25-19(4)28(24)20-8-6-5-7-9-20/h5-14H,15H2,1-4H3. The summed E-state index contributed by atoms with van der Waals surface area (Å²) in [5, 5.41) is 9.20. The molecule has 0 radical (unpaired) electrons. The number of aromatic nitrogens is 4. The molecule has 0 spiro atoms. The Morgan fingerprint density at radius 3 is 2.23 bits per heavy atom. The largest absolute Gasteiger partial charge is 0.318 e. The lowest BCUT2D eigenvalue weighted by molar-refractivity contribution is 0.102. The van der Waals surface area contributed by atoms with Crippen molar-refractivity contribution in [3.8, 4) is 11.4 Å². The van der Waals surface area contributed by atoms with Gasteiger partial charge in [0.1, 0.15) is 5.82 Å². The highest BCUT2D eigenvalue weighted by molar-refractivity contribution is 7.99. The molecule has 152 valence electrons. The van der Waals surface area contributed by atoms with Crippen LogP contribution in [0.15, 0.2) is 65.8 Å². The molecule has 0 N–H and O–H groups in total. The Morgan fingerprint density at radius 2 is 1.53 bits per heavy atom. The van der Waals surface area contributed by atoms with Crippen LogP contribution in [0.25, 0.3) is 11.4 Å². The second-order valence-corrected chi connectivity index (χ2v) is 8.31. The molecule has 0 saturated heterocycles. The van der Waals surface area contributed by atoms with Crippen LogP contribution in [-0.4, -0.2) is 30.9 Å². The van der Waals surface area contributed by atoms with Gasteiger partial charge in [0, 0.05) is 28.3 Å². The topological polar surface area (TPSA) is 52.7 Å². The fourth-order valence-corrected chi connectivity index (χ4v) is 4.54. The molecule has 0 saturated carbocycles. The van der Waals surface area contributed by atoms with Gasteiger partial charge in [-0.25, -0.2) is 0 Å². The van der Waals surface area contributed by atoms with Gasteiger partial charge in [-0.05, 0) is 58.0 Å². The minimum Gasteiger partial charge on any atom is -0.318 e. The van der Waals surface area contributed by atoms with Crippen LogP contribution in [0.1, 0.15) is 33.1 Å². The highest BCUT2D eigenvalue weighted by Crippen LogP contribution is 2.26. The fraction of sp³-hybridized carbons (Fsp3) is 0.208. The highest BCUT2D eigenvalue weighted by atomic mass is 32.2. The first-order chi connectivity index (χ1) is 14.5. The van der Waals surface area contributed by atoms with Crippen molar-refractivity contribution >= 4 is 17.5 Å². The number of ketones is 1. The predicted octanol–water partition coefficient (Wildman–Crippen LogP) is 5.27. The number of rotatable bonds is 6. The van der Waals surface area contributed by atoms with Crippen molar-refractivity contribution in [2.24, 2.45) is 0 Å². The lowest BCUT2D eigenvalue weighted by Crippen LogP contribution is -2.07. The van der Waals surface area contributed by atoms with Gasteiger partial charge in [-0.1, -0.05) is 47.7 Å². The van der Waals surface area contributed by atoms with Crippen molar-refractivity contribution in [1.82, 2.24) is 19.3 Å². The Morgan fingerprint density at radius 1 is 0.867 bits per heavy atom. The molecule has 2 aromatic heterocycles. The first-order valence-corrected chi connectivity index (χ1v) is 10.8. The highest BCUT2D eigenvalue weighted by Gasteiger charge is 2.19. The Balaban J connectivity index is 1.57. The molecular formula is C24H24N4OS. The summed E-state index contributed by atoms with van der Waals surface area (Å²) in [6.45, 7) is 8.02. The number of aryl methyl sites for hydroxylation is 3. The van der Waals surface area contributed by atoms with Crippen molar-refractivity contribution in [1.29, 1.82) is 0 Å². The van der Waals surface area contributed by atoms with Gasteiger partial charge in [-0.3, -0.25) is 9.36 Å². The minimum absolute atomic E-state index is 0.0896. The molecule has 0 atom stereocenters. The third kappa shape index (κ3) is 3.83. The second-order valence-electron chi connectivity index (χ2n) is 7.37. The number of Topliss-reactive ketones (excluding diaryl/α,β-unsaturated/α-hetero) is 1. The van der Waals surface area contributed by atoms with Crippen LogP contribution in [0.3, 0.4) is 0 Å². The van der Waals surface area contributed by atoms with Gasteiger partial charge in [-0.2, -0.15) is 0 Å². The van der Waals surface area contributed by atoms with Crippen LogP contribution in [-0.2, 0) is 0 Å². The smallest absolute Gasteiger partial charge is 0.196 e. The van der Waals surface area contributed by atoms with Gasteiger partial charge < -0.3 is 4.57 Å². The summed E-state index contributed by atoms with van der Waals surface area (Å²) in [7, 11) is 0. The summed E-state index contributed by atoms with van der Waals surface area (Å²) in [5.41, 5.74) is 6.04. The second kappa shape index (κ2) is 8.32. The average Bonchev–Trinajstić information content (AvgIpc) is 3.26. The normalized spacial score (nSPS) is 11.1. The zero-order valence-electron chi connectivity index (χ0n) is 17.6. The quantitative estimate of drug-likeness (QED) is 0.317. The van der Waals surface area contributed by atoms with Crippen LogP contribution in [0.2, 0.25) is 0 Å². The van der Waals surface area contributed by atoms with E-state index in [1.807, 2.05) is 61.7 Å². The average molecular weight is 417 g/mol. The van der Waals surface area contributed by atoms with Crippen LogP contribution >= 0.6 is 11.8 Å². The van der Waals surface area contributed by atoms with Crippen LogP contribution < -0.4 is 0 Å². The summed E-state index contributed by atoms with van der Waals surface area (Å²) in [4.78, 5) is 13.1. The van der Waals surface area contributed by atoms with Gasteiger partial charge in [0.15, 0.2) is 10.9 Å². The van der Waals surface area contributed by atoms with E-state index in [1.165, 1.54) is 17.3 Å². The minimum atomic E-state index is 0.0896. The molecule has 0 amide bonds. The third-order valence-corrected chi connectivity index (χ3v) is 6.09. The first-order valence-electron chi connectivity index (χ1n) is 9.85. The summed E-state index contributed by atoms with van der Waals surface area (Å²) in [5.74, 6) is 1.20. The number of hydrogen-bond donors (Lipinski definition) is 0. The van der Waals surface area contributed by atoms with Crippen molar-refractivity contribution in [3.63, 3.8) is 0 Å². The summed E-state index contributed by atoms with van der Waals surface area (Å²) < 4.78 is 4.11. The molecule has 0 fully saturated rings. The SMILES string of the molecule is Cc1ccc(-n2c(C)cc(C(=O)CSc3nnc(C)n3-c3ccccc3)c2C)cc1. The number of carbonyl (C=O) groups excluding carboxylic acids is 1. The first kappa shape index (κ1) is 20.2. The maximum atomic E-state index is 13.1. The van der Waals surface area contributed by atoms with E-state index in [1.54, 1.807) is 0 Å². The zero-order chi connectivity index (χ0) is 21.3. The van der Waals surface area contributed by atoms with Crippen molar-refractivity contribution in [3.05, 3.63) is 89.0 Å². The monoisotopic (exact) mass is 416 g/mol. The third-order valence-electron chi connectivity index (χ3n) is 5.17. The summed E-state index contributed by atoms with van der Waals surface area (Å²) in [6.07, 6.45) is 0. The maximum absolute atomic E-state index is 13.1. The molecule has 4 rings (SSSR count). The molecule has 0 aliphatic carbocycles. The molecular weight excluding hydrogens is 392 g/mol. The number of thioether (sulfide) groups is 1. The van der Waals surface area contributed by atoms with Crippen molar-refractivity contribution < 1.29 is 4.79 Å². The summed E-state index contributed by atoms with van der Waals surface area (Å²) >= 11 is 1.42. The predicted molar refractivity (Wildman–Crippen MR) is 121 cm³/mol. The van der Waals surface area contributed by atoms with E-state index >= 15 is 0 Å². The van der Waals surface area contributed by atoms with Gasteiger partial charge in [-0.15, -0.1) is 10.2 Å². The number of para-hydroxylation sites is 1. The molecule has 0 unspecified atom stereocenters. The van der Waals surface area contributed by atoms with Crippen LogP contribution in [0.4, 0.5) is 0 Å². The number of hydrogen-bond acceptors (Lipinski definition) is 4. The molecule has 0 aliphatic rings. The Hall–Kier alpha value is -3.12. The van der Waals surface area contributed by atoms with Gasteiger partial charge in [0.05, 0.1) is 5.75 Å². The van der Waals surface area contributed by atoms with E-state index in [4.69, 9.17) is 0 Å². The number of carbonyl (C=O) groups is 1. The van der Waals surface area contributed by atoms with E-state index in [9.17, 15) is 4.79 Å². The molecule has 0 aliphatic heterocycles. The van der Waals surface area contributed by atoms with Crippen LogP contribution in [0.5, 0.6) is 0 Å². The van der Waals surface area contributed by atoms with Crippen LogP contribution in [0, 0.1) is 27.7 Å². The van der Waals surface area contributed by atoms with E-state index in [2.05, 4.69) is 46.0 Å². The Bertz CT molecular complexity index is 1190. The van der Waals surface area contributed by atoms with Gasteiger partial charge >= 0.3 is 0 Å². The summed E-state index contributed by atoms with van der Waals surface area (Å²) in [6, 6.07) is 20.3. The number of nitrogens with zero attached hydrogens (tertiary/aromatic N) is 4. The Kier molecular flexibility index (Phi) is 5.59. The fourth-order valence-electron chi connectivity index (χ4n) is 3.65. The molecule has 6 heteroatoms. The van der Waals surface area contributed by atoms with E-state index in [-0.39, 0.29) is 5.78 Å². The molecule has 4 aromatic rings. The Labute approximate surface area is 180 Å². The molecule has 2 aromatic carbocycles. The lowest BCUT2D eigenvalue weighted by Gasteiger charge is -2.10. The lowest BCUT2D eigenvalue weighted by atomic mass is 10.2. The maximum Gasteiger partial charge on any atom is 0.196 e. The van der Waals surface area contributed by atoms with E-state index in [0.29, 0.717) is 5.75 Å². The molecule has 2 heterocycles. The molecule has 30 heavy (non-hydrogen) atoms. The van der Waals surface area contributed by atoms with Gasteiger partial charge in [0.25, 0.3) is 0 Å². The molecule has 0 bridgehead atoms. The number of benzene rings is 2. The molecule has 5 nitrogen and oxygen atoms in total. The van der Waals surface area contributed by atoms with E-state index in [0.717, 1.165) is 39.3 Å². The van der Waals surface area contributed by atoms with Crippen molar-refractivity contribution in [2.75, 3.05) is 5.75 Å². The zero-order valence-corrected chi connectivity index (χ0v) is 18.4.